The van der Waals surface area contributed by atoms with Gasteiger partial charge in [0, 0.05) is 16.7 Å². The number of ether oxygens (including phenoxy) is 4. The Morgan fingerprint density at radius 1 is 0.336 bits per heavy atom. The first-order chi connectivity index (χ1) is 45.1. The van der Waals surface area contributed by atoms with Crippen molar-refractivity contribution in [1.29, 1.82) is 0 Å². The smallest absolute Gasteiger partial charge is 0.743 e. The Morgan fingerprint density at radius 2 is 0.607 bits per heavy atom. The van der Waals surface area contributed by atoms with Crippen LogP contribution in [0.2, 0.25) is 0 Å². The molecule has 0 spiro atoms. The van der Waals surface area contributed by atoms with Crippen LogP contribution in [0.4, 0.5) is 132 Å². The molecule has 3 aromatic carbocycles. The molecule has 0 N–H and O–H groups in total. The zero-order valence-corrected chi connectivity index (χ0v) is 69.1. The quantitative estimate of drug-likeness (QED) is 0.0299. The summed E-state index contributed by atoms with van der Waals surface area (Å²) in [4.78, 5) is -3.81. The van der Waals surface area contributed by atoms with Crippen molar-refractivity contribution >= 4 is 52.0 Å². The van der Waals surface area contributed by atoms with Gasteiger partial charge in [-0.1, -0.05) is 125 Å². The molecular formula is C55H60F30K2O15S5. The summed E-state index contributed by atoms with van der Waals surface area (Å²) in [5, 5.41) is -33.5. The minimum Gasteiger partial charge on any atom is -0.743 e. The SMILES string of the molecule is CC(C)(C)c1cc(F)c(C(C)(C)C)c(OC(F)(F)C(F)(F)OC(F)(F)C(F)(F)S(=O)(=O)[O-])c1F.CC(C)(C)c1cc(F)c(C(C)(C)C)c(S(=O)(=O)C(F)(F)C(F)(F)OC(F)(F)C(F)(F)S(=O)(=O)[O-])c1F.COS(=O)(=O)C(F)(F)C(F)(F)OC(F)(F)C(F)(F)Sc1c(F)c(C(C)(C)C)cc(F)c1C(C)(C)C.[K+].[K+]. The first-order valence-electron chi connectivity index (χ1n) is 27.7. The molecule has 0 unspecified atom stereocenters. The summed E-state index contributed by atoms with van der Waals surface area (Å²) in [5.41, 5.74) is -14.6. The molecule has 15 nitrogen and oxygen atoms in total. The summed E-state index contributed by atoms with van der Waals surface area (Å²) in [7, 11) is -28.8. The van der Waals surface area contributed by atoms with Gasteiger partial charge in [0.15, 0.2) is 31.8 Å². The molecule has 3 rings (SSSR count). The van der Waals surface area contributed by atoms with Gasteiger partial charge in [-0.25, -0.2) is 65.8 Å². The third kappa shape index (κ3) is 22.4. The van der Waals surface area contributed by atoms with Crippen molar-refractivity contribution in [2.75, 3.05) is 7.11 Å². The van der Waals surface area contributed by atoms with Crippen LogP contribution in [0.1, 0.15) is 158 Å². The number of sulfone groups is 1. The standard InChI is InChI=1S/C19H22F10O4S2.C18H20F10O6S2.C18H20F10O5S.2K/c1-14(2,3)9-8-10(20)11(15(4,5)6)13(12(9)21)34-18(26,27)16(22,23)33-17(24,25)19(28,29)35(30,31)32-7;1-13(2,3)8-7-9(19)10(14(4,5)6)12(11(8)20)35(29,30)17(25,26)15(21,22)34-16(23,24)18(27,28)36(31,32)33;1-13(2,3)8-7-9(19)10(14(4,5)6)12(11(8)20)32-15(21,22)16(23,24)33-17(25,26)18(27,28)34(29,30)31;;/h8H,1-7H3;7H,1-6H3,(H,31,32,33);7H,1-6H3,(H,29,30,31);;/q;;;2*+1/p-2. The van der Waals surface area contributed by atoms with Crippen LogP contribution in [0.15, 0.2) is 28.0 Å². The molecule has 612 valence electrons. The Morgan fingerprint density at radius 3 is 0.916 bits per heavy atom. The van der Waals surface area contributed by atoms with Gasteiger partial charge in [0.2, 0.25) is 0 Å². The maximum absolute atomic E-state index is 15.3. The molecule has 0 aliphatic carbocycles. The molecule has 0 atom stereocenters. The van der Waals surface area contributed by atoms with Gasteiger partial charge in [-0.3, -0.25) is 4.18 Å². The molecule has 0 aromatic heterocycles. The molecule has 3 aromatic rings. The summed E-state index contributed by atoms with van der Waals surface area (Å²) in [5.74, 6) is -11.8. The number of alkyl halides is 24. The second kappa shape index (κ2) is 32.9. The Labute approximate surface area is 680 Å². The second-order valence-electron chi connectivity index (χ2n) is 28.0. The molecule has 52 heteroatoms. The van der Waals surface area contributed by atoms with Crippen LogP contribution < -0.4 is 108 Å². The van der Waals surface area contributed by atoms with Gasteiger partial charge in [0.05, 0.1) is 12.0 Å². The van der Waals surface area contributed by atoms with Crippen molar-refractivity contribution in [3.8, 4) is 5.75 Å². The predicted octanol–water partition coefficient (Wildman–Crippen LogP) is 12.2. The summed E-state index contributed by atoms with van der Waals surface area (Å²) in [6.45, 7) is 21.1. The van der Waals surface area contributed by atoms with Gasteiger partial charge in [0.1, 0.15) is 34.0 Å². The molecule has 0 bridgehead atoms. The molecule has 0 saturated carbocycles. The van der Waals surface area contributed by atoms with Crippen molar-refractivity contribution in [2.24, 2.45) is 0 Å². The van der Waals surface area contributed by atoms with Gasteiger partial charge >= 0.3 is 182 Å². The Hall–Kier alpha value is -1.46. The fraction of sp³-hybridized carbons (Fsp3) is 0.673. The molecule has 0 saturated heterocycles. The van der Waals surface area contributed by atoms with Crippen LogP contribution >= 0.6 is 11.8 Å². The third-order valence-electron chi connectivity index (χ3n) is 13.2. The van der Waals surface area contributed by atoms with Crippen molar-refractivity contribution in [1.82, 2.24) is 0 Å². The minimum absolute atomic E-state index is 0. The topological polar surface area (TPSA) is 229 Å². The average Bonchev–Trinajstić information content (AvgIpc) is 0.715. The van der Waals surface area contributed by atoms with E-state index in [9.17, 15) is 161 Å². The van der Waals surface area contributed by atoms with Crippen LogP contribution in [0.25, 0.3) is 0 Å². The zero-order chi connectivity index (χ0) is 85.0. The number of hydrogen-bond donors (Lipinski definition) is 0. The molecule has 0 amide bonds. The molecule has 0 aliphatic heterocycles. The normalized spacial score (nSPS) is 14.8. The van der Waals surface area contributed by atoms with E-state index in [0.717, 1.165) is 62.3 Å². The Balaban J connectivity index is 0. The van der Waals surface area contributed by atoms with Crippen LogP contribution in [-0.4, -0.2) is 119 Å². The molecule has 0 radical (unpaired) electrons. The van der Waals surface area contributed by atoms with Gasteiger partial charge < -0.3 is 13.8 Å². The largest absolute Gasteiger partial charge is 1.00 e. The molecule has 0 heterocycles. The number of benzene rings is 3. The summed E-state index contributed by atoms with van der Waals surface area (Å²) in [6.07, 6.45) is -47.9. The van der Waals surface area contributed by atoms with Gasteiger partial charge in [-0.05, 0) is 79.1 Å². The summed E-state index contributed by atoms with van der Waals surface area (Å²) < 4.78 is 544. The van der Waals surface area contributed by atoms with Gasteiger partial charge in [-0.15, -0.1) is 0 Å². The van der Waals surface area contributed by atoms with E-state index >= 15 is 13.2 Å². The number of halogens is 30. The van der Waals surface area contributed by atoms with Crippen molar-refractivity contribution in [2.45, 2.75) is 236 Å². The van der Waals surface area contributed by atoms with E-state index in [1.54, 1.807) is 0 Å². The van der Waals surface area contributed by atoms with Crippen LogP contribution in [-0.2, 0) is 91.1 Å². The predicted molar refractivity (Wildman–Crippen MR) is 303 cm³/mol. The summed E-state index contributed by atoms with van der Waals surface area (Å²) in [6, 6.07) is 1.63. The van der Waals surface area contributed by atoms with E-state index in [1.165, 1.54) is 62.3 Å². The second-order valence-corrected chi connectivity index (χ2v) is 35.7. The Kier molecular flexibility index (Phi) is 33.1. The van der Waals surface area contributed by atoms with Crippen LogP contribution in [0, 0.1) is 34.9 Å². The minimum atomic E-state index is -7.52. The van der Waals surface area contributed by atoms with Crippen LogP contribution in [0.5, 0.6) is 5.75 Å². The zero-order valence-electron chi connectivity index (χ0n) is 58.7. The third-order valence-corrected chi connectivity index (χ3v) is 19.2. The maximum atomic E-state index is 15.3. The molecular weight excluding hydrogens is 1710 g/mol. The molecule has 107 heavy (non-hydrogen) atoms. The molecule has 0 fully saturated rings. The van der Waals surface area contributed by atoms with E-state index in [2.05, 4.69) is 18.4 Å². The van der Waals surface area contributed by atoms with Crippen molar-refractivity contribution < 1.29 is 300 Å². The van der Waals surface area contributed by atoms with Gasteiger partial charge in [0.25, 0.3) is 9.84 Å². The van der Waals surface area contributed by atoms with Crippen molar-refractivity contribution in [3.63, 3.8) is 0 Å². The van der Waals surface area contributed by atoms with E-state index in [4.69, 9.17) is 0 Å². The van der Waals surface area contributed by atoms with E-state index < -0.39 is 237 Å². The monoisotopic (exact) mass is 1770 g/mol. The van der Waals surface area contributed by atoms with Crippen molar-refractivity contribution in [3.05, 3.63) is 86.5 Å². The first kappa shape index (κ1) is 108. The maximum Gasteiger partial charge on any atom is 1.00 e. The number of rotatable bonds is 22. The average molecular weight is 1770 g/mol. The van der Waals surface area contributed by atoms with E-state index in [1.807, 2.05) is 4.74 Å². The van der Waals surface area contributed by atoms with Gasteiger partial charge in [-0.2, -0.15) is 114 Å². The van der Waals surface area contributed by atoms with E-state index in [-0.39, 0.29) is 110 Å². The number of thioether (sulfide) groups is 1. The Bertz CT molecular complexity index is 4200. The fourth-order valence-corrected chi connectivity index (χ4v) is 12.0. The number of hydrogen-bond acceptors (Lipinski definition) is 16. The summed E-state index contributed by atoms with van der Waals surface area (Å²) >= 11 is -1.44. The molecule has 0 aliphatic rings. The first-order valence-corrected chi connectivity index (χ1v) is 34.2. The fourth-order valence-electron chi connectivity index (χ4n) is 8.03. The van der Waals surface area contributed by atoms with E-state index in [0.29, 0.717) is 18.2 Å². The van der Waals surface area contributed by atoms with Crippen LogP contribution in [0.3, 0.4) is 0 Å².